The van der Waals surface area contributed by atoms with E-state index in [9.17, 15) is 4.79 Å². The molecular formula is C6H13NO2. The minimum atomic E-state index is -2.09. The van der Waals surface area contributed by atoms with Gasteiger partial charge in [0.15, 0.2) is 0 Å². The second-order valence-electron chi connectivity index (χ2n) is 1.60. The molecule has 0 saturated carbocycles. The summed E-state index contributed by atoms with van der Waals surface area (Å²) in [5.41, 5.74) is 5.15. The van der Waals surface area contributed by atoms with Crippen molar-refractivity contribution in [2.75, 3.05) is 0 Å². The van der Waals surface area contributed by atoms with Gasteiger partial charge in [-0.15, -0.1) is 0 Å². The van der Waals surface area contributed by atoms with Gasteiger partial charge in [-0.2, -0.15) is 0 Å². The van der Waals surface area contributed by atoms with Gasteiger partial charge in [-0.05, 0) is 5.89 Å². The van der Waals surface area contributed by atoms with Crippen molar-refractivity contribution in [2.45, 2.75) is 26.2 Å². The number of carboxylic acids is 1. The molecule has 0 aromatic carbocycles. The molecule has 0 aromatic heterocycles. The molecule has 1 unspecified atom stereocenters. The summed E-state index contributed by atoms with van der Waals surface area (Å²) in [7, 11) is 0. The van der Waals surface area contributed by atoms with Crippen LogP contribution in [0.15, 0.2) is 0 Å². The van der Waals surface area contributed by atoms with Crippen LogP contribution in [-0.4, -0.2) is 17.1 Å². The van der Waals surface area contributed by atoms with Crippen LogP contribution in [0.3, 0.4) is 0 Å². The van der Waals surface area contributed by atoms with Gasteiger partial charge in [0.05, 0.1) is 0 Å². The highest BCUT2D eigenvalue weighted by molar-refractivity contribution is 5.73. The van der Waals surface area contributed by atoms with Crippen LogP contribution in [0.4, 0.5) is 0 Å². The molecule has 0 radical (unpaired) electrons. The molecule has 0 rings (SSSR count). The SMILES string of the molecule is [2H][13CH]([2H])[13C@@]([2H])([13CH]([2H])C)[13C@H]([15NH2])[13C](=O)O. The van der Waals surface area contributed by atoms with Crippen LogP contribution in [0.5, 0.6) is 0 Å². The zero-order valence-corrected chi connectivity index (χ0v) is 5.16. The van der Waals surface area contributed by atoms with Gasteiger partial charge in [-0.25, -0.2) is 0 Å². The van der Waals surface area contributed by atoms with Crippen molar-refractivity contribution >= 4 is 5.97 Å². The second kappa shape index (κ2) is 3.45. The fourth-order valence-electron chi connectivity index (χ4n) is 0.322. The third kappa shape index (κ3) is 2.46. The summed E-state index contributed by atoms with van der Waals surface area (Å²) in [5, 5.41) is 8.52. The van der Waals surface area contributed by atoms with E-state index in [1.54, 1.807) is 0 Å². The van der Waals surface area contributed by atoms with E-state index in [4.69, 9.17) is 16.3 Å². The van der Waals surface area contributed by atoms with Gasteiger partial charge in [0.1, 0.15) is 6.04 Å². The number of hydrogen-bond acceptors (Lipinski definition) is 2. The van der Waals surface area contributed by atoms with Gasteiger partial charge in [0, 0.05) is 5.48 Å². The third-order valence-electron chi connectivity index (χ3n) is 0.959. The van der Waals surface area contributed by atoms with E-state index in [1.807, 2.05) is 0 Å². The van der Waals surface area contributed by atoms with E-state index >= 15 is 0 Å². The highest BCUT2D eigenvalue weighted by Crippen LogP contribution is 2.04. The van der Waals surface area contributed by atoms with Gasteiger partial charge < -0.3 is 10.8 Å². The van der Waals surface area contributed by atoms with Gasteiger partial charge in [-0.3, -0.25) is 4.79 Å². The summed E-state index contributed by atoms with van der Waals surface area (Å²) >= 11 is 0. The molecular weight excluding hydrogens is 124 g/mol. The topological polar surface area (TPSA) is 63.3 Å². The van der Waals surface area contributed by atoms with Gasteiger partial charge in [-0.1, -0.05) is 20.2 Å². The second-order valence-corrected chi connectivity index (χ2v) is 1.60. The van der Waals surface area contributed by atoms with Crippen molar-refractivity contribution in [3.63, 3.8) is 0 Å². The average molecular weight is 141 g/mol. The number of aliphatic carboxylic acids is 1. The summed E-state index contributed by atoms with van der Waals surface area (Å²) in [6, 6.07) is -1.68. The number of hydrogen-bond donors (Lipinski definition) is 2. The smallest absolute Gasteiger partial charge is 0.320 e. The lowest BCUT2D eigenvalue weighted by Crippen LogP contribution is -2.36. The minimum Gasteiger partial charge on any atom is -0.480 e. The predicted octanol–water partition coefficient (Wildman–Crippen LogP) is 0.444. The van der Waals surface area contributed by atoms with Gasteiger partial charge in [0.2, 0.25) is 0 Å². The molecule has 0 amide bonds. The first-order valence-electron chi connectivity index (χ1n) is 4.73. The molecule has 0 aromatic rings. The van der Waals surface area contributed by atoms with E-state index in [-0.39, 0.29) is 0 Å². The molecule has 0 aliphatic rings. The maximum absolute atomic E-state index is 10.5. The Kier molecular flexibility index (Phi) is 1.37. The van der Waals surface area contributed by atoms with E-state index < -0.39 is 31.2 Å². The van der Waals surface area contributed by atoms with Gasteiger partial charge in [0.25, 0.3) is 0 Å². The summed E-state index contributed by atoms with van der Waals surface area (Å²) in [6.07, 6.45) is -1.20. The predicted molar refractivity (Wildman–Crippen MR) is 35.1 cm³/mol. The van der Waals surface area contributed by atoms with Crippen molar-refractivity contribution in [3.8, 4) is 0 Å². The number of rotatable bonds is 3. The van der Waals surface area contributed by atoms with E-state index in [2.05, 4.69) is 0 Å². The zero-order valence-electron chi connectivity index (χ0n) is 9.16. The Balaban J connectivity index is 4.90. The molecule has 0 spiro atoms. The molecule has 3 atom stereocenters. The first-order valence-corrected chi connectivity index (χ1v) is 2.49. The van der Waals surface area contributed by atoms with Crippen LogP contribution in [0.1, 0.15) is 25.7 Å². The standard InChI is InChI=1S/C6H13NO2/c1-3-4(2)5(7)6(8)9/h4-5H,3,7H2,1-2H3,(H,8,9)/t4-,5-/m0/s1/i2+1D2,3+1D,4+1D,5+1,6+1,7+1/t3?,4-,5-. The third-order valence-corrected chi connectivity index (χ3v) is 0.959. The monoisotopic (exact) mass is 141 g/mol. The van der Waals surface area contributed by atoms with E-state index in [0.717, 1.165) is 0 Å². The quantitative estimate of drug-likeness (QED) is 0.443. The fraction of sp³-hybridized carbons (Fsp3) is 0.833. The molecule has 0 saturated heterocycles. The number of nitrogens with two attached hydrogens (primary N) is 1. The number of carboxylic acid groups (broad SMARTS) is 1. The molecule has 0 heterocycles. The van der Waals surface area contributed by atoms with Crippen LogP contribution >= 0.6 is 0 Å². The molecule has 3 nitrogen and oxygen atoms in total. The highest BCUT2D eigenvalue weighted by Gasteiger charge is 2.17. The Morgan fingerprint density at radius 3 is 2.89 bits per heavy atom. The molecule has 0 fully saturated rings. The molecule has 0 aliphatic carbocycles. The number of carbonyl (C=O) groups is 1. The van der Waals surface area contributed by atoms with Crippen LogP contribution in [-0.2, 0) is 4.79 Å². The lowest BCUT2D eigenvalue weighted by atomic mass is 10.9. The Morgan fingerprint density at radius 1 is 2.22 bits per heavy atom. The lowest BCUT2D eigenvalue weighted by Gasteiger charge is -2.11. The highest BCUT2D eigenvalue weighted by atomic mass is 16.5. The van der Waals surface area contributed by atoms with Crippen molar-refractivity contribution in [2.24, 2.45) is 11.6 Å². The zero-order chi connectivity index (χ0) is 10.8. The fourth-order valence-corrected chi connectivity index (χ4v) is 0.322. The summed E-state index contributed by atoms with van der Waals surface area (Å²) < 4.78 is 28.7. The lowest BCUT2D eigenvalue weighted by molar-refractivity contribution is -0.139. The summed E-state index contributed by atoms with van der Waals surface area (Å²) in [5.74, 6) is -3.55. The first kappa shape index (κ1) is 3.56. The van der Waals surface area contributed by atoms with Crippen molar-refractivity contribution in [1.82, 2.24) is 0 Å². The van der Waals surface area contributed by atoms with Crippen LogP contribution < -0.4 is 5.73 Å². The minimum absolute atomic E-state index is 1.20. The van der Waals surface area contributed by atoms with Crippen LogP contribution in [0, 0.1) is 5.89 Å². The van der Waals surface area contributed by atoms with Crippen LogP contribution in [0.25, 0.3) is 0 Å². The largest absolute Gasteiger partial charge is 0.480 e. The Labute approximate surface area is 60.5 Å². The normalized spacial score (nSPS) is 30.6. The average Bonchev–Trinajstić information content (AvgIpc) is 2.00. The maximum Gasteiger partial charge on any atom is 0.320 e. The molecule has 0 bridgehead atoms. The summed E-state index contributed by atoms with van der Waals surface area (Å²) in [4.78, 5) is 10.5. The van der Waals surface area contributed by atoms with E-state index in [1.165, 1.54) is 6.92 Å². The summed E-state index contributed by atoms with van der Waals surface area (Å²) in [6.45, 7) is -0.502. The Morgan fingerprint density at radius 2 is 2.78 bits per heavy atom. The Bertz CT molecular complexity index is 189. The molecule has 0 aliphatic heterocycles. The van der Waals surface area contributed by atoms with Gasteiger partial charge >= 0.3 is 5.97 Å². The van der Waals surface area contributed by atoms with Crippen molar-refractivity contribution in [3.05, 3.63) is 0 Å². The molecule has 54 valence electrons. The van der Waals surface area contributed by atoms with E-state index in [0.29, 0.717) is 0 Å². The Hall–Kier alpha value is -0.570. The van der Waals surface area contributed by atoms with Crippen molar-refractivity contribution in [1.29, 1.82) is 0 Å². The molecule has 9 heavy (non-hydrogen) atoms. The molecule has 3 N–H and O–H groups in total. The van der Waals surface area contributed by atoms with Crippen molar-refractivity contribution < 1.29 is 15.4 Å². The van der Waals surface area contributed by atoms with Crippen LogP contribution in [0.2, 0.25) is 0 Å². The maximum atomic E-state index is 10.5. The molecule has 3 heteroatoms. The first-order chi connectivity index (χ1) is 5.74.